The van der Waals surface area contributed by atoms with Crippen LogP contribution in [-0.4, -0.2) is 50.0 Å². The number of carbonyl (C=O) groups is 1. The first-order valence-corrected chi connectivity index (χ1v) is 8.95. The number of carbonyl (C=O) groups excluding carboxylic acids is 1. The number of nitrogens with one attached hydrogen (secondary N) is 2. The van der Waals surface area contributed by atoms with E-state index in [1.165, 1.54) is 10.6 Å². The Bertz CT molecular complexity index is 723. The summed E-state index contributed by atoms with van der Waals surface area (Å²) in [6.45, 7) is 4.93. The molecule has 1 heterocycles. The molecule has 0 unspecified atom stereocenters. The Labute approximate surface area is 153 Å². The fraction of sp³-hybridized carbons (Fsp3) is 0.300. The van der Waals surface area contributed by atoms with Crippen LogP contribution >= 0.6 is 0 Å². The number of phenolic OH excluding ortho intramolecular Hbond substituents is 1. The third kappa shape index (κ3) is 5.32. The number of hydrazone groups is 1. The van der Waals surface area contributed by atoms with Crippen LogP contribution in [0.5, 0.6) is 5.75 Å². The molecule has 0 spiro atoms. The Morgan fingerprint density at radius 2 is 1.81 bits per heavy atom. The van der Waals surface area contributed by atoms with Crippen molar-refractivity contribution in [3.05, 3.63) is 60.2 Å². The van der Waals surface area contributed by atoms with Crippen molar-refractivity contribution in [3.63, 3.8) is 0 Å². The molecule has 1 aliphatic rings. The predicted octanol–water partition coefficient (Wildman–Crippen LogP) is 0.638. The summed E-state index contributed by atoms with van der Waals surface area (Å²) in [5, 5.41) is 13.2. The minimum absolute atomic E-state index is 0.0713. The fourth-order valence-corrected chi connectivity index (χ4v) is 3.06. The number of aromatic hydroxyl groups is 1. The van der Waals surface area contributed by atoms with Crippen molar-refractivity contribution in [3.8, 4) is 5.75 Å². The highest BCUT2D eigenvalue weighted by Gasteiger charge is 2.20. The molecule has 0 aliphatic carbocycles. The minimum atomic E-state index is -0.0713. The van der Waals surface area contributed by atoms with Crippen LogP contribution in [0.15, 0.2) is 59.7 Å². The maximum atomic E-state index is 11.9. The summed E-state index contributed by atoms with van der Waals surface area (Å²) in [6.07, 6.45) is 2.04. The molecule has 0 saturated carbocycles. The monoisotopic (exact) mass is 353 g/mol. The summed E-state index contributed by atoms with van der Waals surface area (Å²) in [5.41, 5.74) is 4.66. The molecule has 2 aromatic rings. The molecular formula is C20H25N4O2+. The normalized spacial score (nSPS) is 15.3. The van der Waals surface area contributed by atoms with Crippen molar-refractivity contribution in [1.82, 2.24) is 5.43 Å². The summed E-state index contributed by atoms with van der Waals surface area (Å²) in [4.78, 5) is 15.8. The molecule has 3 rings (SSSR count). The lowest BCUT2D eigenvalue weighted by Gasteiger charge is -2.33. The van der Waals surface area contributed by atoms with Gasteiger partial charge in [0.25, 0.3) is 0 Å². The molecule has 1 saturated heterocycles. The van der Waals surface area contributed by atoms with Crippen LogP contribution in [0.4, 0.5) is 5.69 Å². The number of piperazine rings is 1. The van der Waals surface area contributed by atoms with Gasteiger partial charge in [0.05, 0.1) is 45.4 Å². The van der Waals surface area contributed by atoms with Crippen LogP contribution in [0.3, 0.4) is 0 Å². The lowest BCUT2D eigenvalue weighted by atomic mass is 10.2. The van der Waals surface area contributed by atoms with Gasteiger partial charge in [0, 0.05) is 5.69 Å². The van der Waals surface area contributed by atoms with E-state index in [0.717, 1.165) is 38.3 Å². The predicted molar refractivity (Wildman–Crippen MR) is 103 cm³/mol. The highest BCUT2D eigenvalue weighted by Crippen LogP contribution is 2.12. The van der Waals surface area contributed by atoms with Gasteiger partial charge in [-0.15, -0.1) is 0 Å². The molecule has 6 heteroatoms. The number of quaternary nitrogens is 1. The number of phenols is 1. The first kappa shape index (κ1) is 17.9. The SMILES string of the molecule is O=C(CC[NH+]1CCN(c2ccccc2)CC1)N/N=C/c1ccc(O)cc1. The second-order valence-electron chi connectivity index (χ2n) is 6.46. The van der Waals surface area contributed by atoms with Gasteiger partial charge >= 0.3 is 0 Å². The third-order valence-electron chi connectivity index (χ3n) is 4.59. The van der Waals surface area contributed by atoms with Crippen molar-refractivity contribution in [1.29, 1.82) is 0 Å². The van der Waals surface area contributed by atoms with E-state index in [-0.39, 0.29) is 11.7 Å². The number of para-hydroxylation sites is 1. The molecule has 2 aromatic carbocycles. The third-order valence-corrected chi connectivity index (χ3v) is 4.59. The summed E-state index contributed by atoms with van der Waals surface area (Å²) in [7, 11) is 0. The zero-order valence-corrected chi connectivity index (χ0v) is 14.8. The summed E-state index contributed by atoms with van der Waals surface area (Å²) >= 11 is 0. The quantitative estimate of drug-likeness (QED) is 0.527. The largest absolute Gasteiger partial charge is 0.508 e. The van der Waals surface area contributed by atoms with E-state index in [0.29, 0.717) is 6.42 Å². The smallest absolute Gasteiger partial charge is 0.245 e. The van der Waals surface area contributed by atoms with E-state index in [9.17, 15) is 9.90 Å². The van der Waals surface area contributed by atoms with Crippen molar-refractivity contribution >= 4 is 17.8 Å². The first-order valence-electron chi connectivity index (χ1n) is 8.95. The average molecular weight is 353 g/mol. The standard InChI is InChI=1S/C20H24N4O2/c25-19-8-6-17(7-9-19)16-21-22-20(26)10-11-23-12-14-24(15-13-23)18-4-2-1-3-5-18/h1-9,16,25H,10-15H2,(H,22,26)/p+1/b21-16+. The lowest BCUT2D eigenvalue weighted by Crippen LogP contribution is -3.15. The van der Waals surface area contributed by atoms with Crippen molar-refractivity contribution in [2.24, 2.45) is 5.10 Å². The molecule has 136 valence electrons. The van der Waals surface area contributed by atoms with Gasteiger partial charge in [-0.05, 0) is 42.0 Å². The zero-order chi connectivity index (χ0) is 18.2. The Balaban J connectivity index is 1.35. The van der Waals surface area contributed by atoms with E-state index < -0.39 is 0 Å². The first-order chi connectivity index (χ1) is 12.7. The van der Waals surface area contributed by atoms with Crippen LogP contribution in [-0.2, 0) is 4.79 Å². The summed E-state index contributed by atoms with van der Waals surface area (Å²) in [5.74, 6) is 0.138. The lowest BCUT2D eigenvalue weighted by molar-refractivity contribution is -0.900. The zero-order valence-electron chi connectivity index (χ0n) is 14.8. The molecule has 1 amide bonds. The van der Waals surface area contributed by atoms with Crippen LogP contribution < -0.4 is 15.2 Å². The molecule has 26 heavy (non-hydrogen) atoms. The van der Waals surface area contributed by atoms with Gasteiger partial charge in [-0.1, -0.05) is 18.2 Å². The van der Waals surface area contributed by atoms with E-state index in [1.807, 2.05) is 6.07 Å². The van der Waals surface area contributed by atoms with Gasteiger partial charge in [-0.2, -0.15) is 5.10 Å². The van der Waals surface area contributed by atoms with Gasteiger partial charge in [0.2, 0.25) is 5.91 Å². The summed E-state index contributed by atoms with van der Waals surface area (Å²) < 4.78 is 0. The summed E-state index contributed by atoms with van der Waals surface area (Å²) in [6, 6.07) is 17.1. The van der Waals surface area contributed by atoms with E-state index in [4.69, 9.17) is 0 Å². The van der Waals surface area contributed by atoms with Gasteiger partial charge in [0.15, 0.2) is 0 Å². The van der Waals surface area contributed by atoms with Crippen molar-refractivity contribution in [2.45, 2.75) is 6.42 Å². The highest BCUT2D eigenvalue weighted by molar-refractivity contribution is 5.82. The van der Waals surface area contributed by atoms with Crippen LogP contribution in [0.2, 0.25) is 0 Å². The van der Waals surface area contributed by atoms with Crippen LogP contribution in [0.1, 0.15) is 12.0 Å². The number of hydrogen-bond donors (Lipinski definition) is 3. The molecule has 1 fully saturated rings. The molecule has 6 nitrogen and oxygen atoms in total. The van der Waals surface area contributed by atoms with Crippen LogP contribution in [0.25, 0.3) is 0 Å². The van der Waals surface area contributed by atoms with E-state index >= 15 is 0 Å². The number of hydrogen-bond acceptors (Lipinski definition) is 4. The molecule has 3 N–H and O–H groups in total. The van der Waals surface area contributed by atoms with Gasteiger partial charge < -0.3 is 14.9 Å². The van der Waals surface area contributed by atoms with Gasteiger partial charge in [-0.3, -0.25) is 4.79 Å². The maximum absolute atomic E-state index is 11.9. The fourth-order valence-electron chi connectivity index (χ4n) is 3.06. The highest BCUT2D eigenvalue weighted by atomic mass is 16.3. The topological polar surface area (TPSA) is 69.4 Å². The number of nitrogens with zero attached hydrogens (tertiary/aromatic N) is 2. The number of rotatable bonds is 6. The van der Waals surface area contributed by atoms with E-state index in [2.05, 4.69) is 39.7 Å². The second kappa shape index (κ2) is 9.01. The molecular weight excluding hydrogens is 328 g/mol. The van der Waals surface area contributed by atoms with Crippen molar-refractivity contribution < 1.29 is 14.8 Å². The van der Waals surface area contributed by atoms with Gasteiger partial charge in [-0.25, -0.2) is 5.43 Å². The second-order valence-corrected chi connectivity index (χ2v) is 6.46. The number of amides is 1. The molecule has 0 atom stereocenters. The number of anilines is 1. The Morgan fingerprint density at radius 1 is 1.12 bits per heavy atom. The molecule has 0 bridgehead atoms. The molecule has 0 radical (unpaired) electrons. The Kier molecular flexibility index (Phi) is 6.22. The van der Waals surface area contributed by atoms with Gasteiger partial charge in [0.1, 0.15) is 5.75 Å². The van der Waals surface area contributed by atoms with E-state index in [1.54, 1.807) is 30.5 Å². The molecule has 1 aliphatic heterocycles. The average Bonchev–Trinajstić information content (AvgIpc) is 2.69. The molecule has 0 aromatic heterocycles. The number of benzene rings is 2. The minimum Gasteiger partial charge on any atom is -0.508 e. The Morgan fingerprint density at radius 3 is 2.50 bits per heavy atom. The van der Waals surface area contributed by atoms with Crippen LogP contribution in [0, 0.1) is 0 Å². The Hall–Kier alpha value is -2.86. The van der Waals surface area contributed by atoms with Crippen molar-refractivity contribution in [2.75, 3.05) is 37.6 Å². The maximum Gasteiger partial charge on any atom is 0.245 e.